The Balaban J connectivity index is 1.75. The number of anilines is 1. The Labute approximate surface area is 178 Å². The summed E-state index contributed by atoms with van der Waals surface area (Å²) in [5.74, 6) is 0. The quantitative estimate of drug-likeness (QED) is 0.611. The average molecular weight is 426 g/mol. The van der Waals surface area contributed by atoms with E-state index >= 15 is 0 Å². The number of hydrogen-bond donors (Lipinski definition) is 2. The number of benzene rings is 3. The van der Waals surface area contributed by atoms with Gasteiger partial charge >= 0.3 is 0 Å². The Bertz CT molecular complexity index is 1100. The number of hydrogen-bond acceptors (Lipinski definition) is 3. The van der Waals surface area contributed by atoms with Gasteiger partial charge in [0.05, 0.1) is 30.2 Å². The van der Waals surface area contributed by atoms with Crippen LogP contribution in [0.25, 0.3) is 10.8 Å². The molecule has 0 amide bonds. The minimum Gasteiger partial charge on any atom is -0.385 e. The van der Waals surface area contributed by atoms with E-state index in [1.165, 1.54) is 9.21 Å². The lowest BCUT2D eigenvalue weighted by Crippen LogP contribution is -3.11. The molecular formula is C24H29N2O3S+. The number of nitrogens with zero attached hydrogens (tertiary/aromatic N) is 1. The third-order valence-electron chi connectivity index (χ3n) is 5.86. The molecule has 0 radical (unpaired) electrons. The number of rotatable bonds is 7. The van der Waals surface area contributed by atoms with Gasteiger partial charge in [0.1, 0.15) is 12.6 Å². The highest BCUT2D eigenvalue weighted by atomic mass is 32.2. The van der Waals surface area contributed by atoms with Crippen LogP contribution >= 0.6 is 0 Å². The van der Waals surface area contributed by atoms with Crippen molar-refractivity contribution in [3.8, 4) is 0 Å². The second-order valence-electron chi connectivity index (χ2n) is 8.16. The lowest BCUT2D eigenvalue weighted by atomic mass is 10.1. The normalized spacial score (nSPS) is 16.1. The van der Waals surface area contributed by atoms with Crippen LogP contribution < -0.4 is 9.21 Å². The van der Waals surface area contributed by atoms with Crippen molar-refractivity contribution in [3.63, 3.8) is 0 Å². The van der Waals surface area contributed by atoms with Crippen molar-refractivity contribution >= 4 is 26.5 Å². The van der Waals surface area contributed by atoms with Crippen LogP contribution in [-0.2, 0) is 10.0 Å². The summed E-state index contributed by atoms with van der Waals surface area (Å²) in [6.45, 7) is 4.60. The fourth-order valence-electron chi connectivity index (χ4n) is 4.26. The van der Waals surface area contributed by atoms with Gasteiger partial charge in [-0.15, -0.1) is 0 Å². The van der Waals surface area contributed by atoms with Crippen LogP contribution in [0.4, 0.5) is 5.69 Å². The Kier molecular flexibility index (Phi) is 6.09. The average Bonchev–Trinajstić information content (AvgIpc) is 3.25. The lowest BCUT2D eigenvalue weighted by Gasteiger charge is -2.28. The Morgan fingerprint density at radius 2 is 1.63 bits per heavy atom. The van der Waals surface area contributed by atoms with Gasteiger partial charge < -0.3 is 10.0 Å². The second kappa shape index (κ2) is 8.76. The zero-order valence-corrected chi connectivity index (χ0v) is 18.1. The van der Waals surface area contributed by atoms with Crippen LogP contribution in [0.1, 0.15) is 18.4 Å². The molecule has 1 saturated heterocycles. The Morgan fingerprint density at radius 3 is 2.37 bits per heavy atom. The number of nitrogens with one attached hydrogen (secondary N) is 1. The monoisotopic (exact) mass is 425 g/mol. The Morgan fingerprint density at radius 1 is 0.967 bits per heavy atom. The summed E-state index contributed by atoms with van der Waals surface area (Å²) >= 11 is 0. The minimum atomic E-state index is -3.83. The van der Waals surface area contributed by atoms with E-state index < -0.39 is 16.1 Å². The molecule has 0 unspecified atom stereocenters. The molecule has 0 saturated carbocycles. The van der Waals surface area contributed by atoms with Gasteiger partial charge in [-0.3, -0.25) is 4.31 Å². The molecule has 1 heterocycles. The molecule has 6 heteroatoms. The van der Waals surface area contributed by atoms with Crippen molar-refractivity contribution in [2.24, 2.45) is 0 Å². The van der Waals surface area contributed by atoms with Crippen LogP contribution in [-0.4, -0.2) is 45.8 Å². The van der Waals surface area contributed by atoms with Gasteiger partial charge in [0.2, 0.25) is 0 Å². The van der Waals surface area contributed by atoms with E-state index in [2.05, 4.69) is 0 Å². The van der Waals surface area contributed by atoms with Crippen LogP contribution in [0.3, 0.4) is 0 Å². The van der Waals surface area contributed by atoms with Gasteiger partial charge in [-0.2, -0.15) is 0 Å². The van der Waals surface area contributed by atoms with Crippen LogP contribution in [0.15, 0.2) is 71.6 Å². The minimum absolute atomic E-state index is 0.0354. The van der Waals surface area contributed by atoms with Gasteiger partial charge in [-0.25, -0.2) is 8.42 Å². The first-order valence-electron chi connectivity index (χ1n) is 10.5. The third kappa shape index (κ3) is 4.36. The fraction of sp³-hybridized carbons (Fsp3) is 0.333. The Hall–Kier alpha value is -2.41. The molecule has 1 aliphatic heterocycles. The molecule has 1 aliphatic rings. The molecule has 1 atom stereocenters. The van der Waals surface area contributed by atoms with Gasteiger partial charge in [0.15, 0.2) is 0 Å². The maximum absolute atomic E-state index is 13.7. The van der Waals surface area contributed by atoms with E-state index in [4.69, 9.17) is 0 Å². The zero-order valence-electron chi connectivity index (χ0n) is 17.3. The molecule has 3 aromatic carbocycles. The first-order valence-corrected chi connectivity index (χ1v) is 12.0. The van der Waals surface area contributed by atoms with Crippen molar-refractivity contribution in [1.82, 2.24) is 0 Å². The predicted molar refractivity (Wildman–Crippen MR) is 120 cm³/mol. The summed E-state index contributed by atoms with van der Waals surface area (Å²) in [4.78, 5) is 1.58. The highest BCUT2D eigenvalue weighted by Crippen LogP contribution is 2.31. The van der Waals surface area contributed by atoms with Crippen LogP contribution in [0.2, 0.25) is 0 Å². The van der Waals surface area contributed by atoms with Gasteiger partial charge in [0.25, 0.3) is 10.0 Å². The number of aliphatic hydroxyl groups excluding tert-OH is 1. The molecule has 158 valence electrons. The van der Waals surface area contributed by atoms with Gasteiger partial charge in [0, 0.05) is 18.2 Å². The molecule has 4 rings (SSSR count). The molecular weight excluding hydrogens is 396 g/mol. The van der Waals surface area contributed by atoms with Crippen molar-refractivity contribution < 1.29 is 18.4 Å². The van der Waals surface area contributed by atoms with Gasteiger partial charge in [-0.05, 0) is 30.5 Å². The molecule has 0 aliphatic carbocycles. The third-order valence-corrected chi connectivity index (χ3v) is 7.65. The number of aryl methyl sites for hydroxylation is 1. The molecule has 3 aromatic rings. The number of likely N-dealkylation sites (tertiary alicyclic amines) is 1. The summed E-state index contributed by atoms with van der Waals surface area (Å²) < 4.78 is 28.7. The highest BCUT2D eigenvalue weighted by molar-refractivity contribution is 7.92. The van der Waals surface area contributed by atoms with Crippen molar-refractivity contribution in [2.45, 2.75) is 30.8 Å². The van der Waals surface area contributed by atoms with E-state index in [1.807, 2.05) is 49.4 Å². The zero-order chi connectivity index (χ0) is 21.1. The van der Waals surface area contributed by atoms with E-state index in [1.54, 1.807) is 24.3 Å². The van der Waals surface area contributed by atoms with E-state index in [0.29, 0.717) is 12.2 Å². The van der Waals surface area contributed by atoms with E-state index in [-0.39, 0.29) is 11.4 Å². The molecule has 2 N–H and O–H groups in total. The maximum Gasteiger partial charge on any atom is 0.264 e. The summed E-state index contributed by atoms with van der Waals surface area (Å²) in [6.07, 6.45) is 1.59. The number of fused-ring (bicyclic) bond motifs is 1. The summed E-state index contributed by atoms with van der Waals surface area (Å²) in [6, 6.07) is 20.3. The fourth-order valence-corrected chi connectivity index (χ4v) is 5.78. The van der Waals surface area contributed by atoms with Crippen molar-refractivity contribution in [2.75, 3.05) is 30.5 Å². The maximum atomic E-state index is 13.7. The van der Waals surface area contributed by atoms with Crippen molar-refractivity contribution in [3.05, 3.63) is 72.3 Å². The number of quaternary nitrogens is 1. The van der Waals surface area contributed by atoms with Gasteiger partial charge in [-0.1, -0.05) is 54.1 Å². The van der Waals surface area contributed by atoms with Crippen LogP contribution in [0, 0.1) is 6.92 Å². The summed E-state index contributed by atoms with van der Waals surface area (Å²) in [7, 11) is -3.83. The first-order chi connectivity index (χ1) is 14.4. The first kappa shape index (κ1) is 20.8. The number of aliphatic hydroxyl groups is 1. The SMILES string of the molecule is Cc1ccc(S(=O)(=O)N(C[C@@H](O)C[NH+]2CCCC2)c2cccc3ccccc23)cc1. The largest absolute Gasteiger partial charge is 0.385 e. The number of sulfonamides is 1. The molecule has 1 fully saturated rings. The highest BCUT2D eigenvalue weighted by Gasteiger charge is 2.30. The van der Waals surface area contributed by atoms with E-state index in [9.17, 15) is 13.5 Å². The molecule has 0 bridgehead atoms. The topological polar surface area (TPSA) is 62.0 Å². The van der Waals surface area contributed by atoms with E-state index in [0.717, 1.165) is 42.3 Å². The van der Waals surface area contributed by atoms with Crippen LogP contribution in [0.5, 0.6) is 0 Å². The molecule has 5 nitrogen and oxygen atoms in total. The van der Waals surface area contributed by atoms with Crippen molar-refractivity contribution in [1.29, 1.82) is 0 Å². The summed E-state index contributed by atoms with van der Waals surface area (Å²) in [5.41, 5.74) is 1.60. The standard InChI is InChI=1S/C24H28N2O3S/c1-19-11-13-22(14-12-19)30(28,29)26(18-21(27)17-25-15-4-5-16-25)24-10-6-8-20-7-2-3-9-23(20)24/h2-3,6-14,21,27H,4-5,15-18H2,1H3/p+1/t21-/m0/s1. The predicted octanol–water partition coefficient (Wildman–Crippen LogP) is 2.38. The smallest absolute Gasteiger partial charge is 0.264 e. The lowest BCUT2D eigenvalue weighted by molar-refractivity contribution is -0.890. The summed E-state index contributed by atoms with van der Waals surface area (Å²) in [5, 5.41) is 12.7. The molecule has 0 aromatic heterocycles. The second-order valence-corrected chi connectivity index (χ2v) is 10.0. The molecule has 0 spiro atoms. The molecule has 30 heavy (non-hydrogen) atoms.